The molecule has 1 N–H and O–H groups in total. The monoisotopic (exact) mass is 462 g/mol. The van der Waals surface area contributed by atoms with Crippen molar-refractivity contribution in [1.29, 1.82) is 0 Å². The van der Waals surface area contributed by atoms with Gasteiger partial charge in [0.1, 0.15) is 12.4 Å². The average Bonchev–Trinajstić information content (AvgIpc) is 3.19. The lowest BCUT2D eigenvalue weighted by molar-refractivity contribution is -0.113. The van der Waals surface area contributed by atoms with Crippen LogP contribution in [0.3, 0.4) is 0 Å². The van der Waals surface area contributed by atoms with Crippen molar-refractivity contribution in [3.8, 4) is 5.75 Å². The summed E-state index contributed by atoms with van der Waals surface area (Å²) in [6, 6.07) is 12.0. The first kappa shape index (κ1) is 23.1. The average molecular weight is 463 g/mol. The van der Waals surface area contributed by atoms with Gasteiger partial charge in [0.15, 0.2) is 11.0 Å². The molecule has 6 nitrogen and oxygen atoms in total. The number of hydrogen-bond acceptors (Lipinski definition) is 5. The number of nitrogens with zero attached hydrogens (tertiary/aromatic N) is 3. The van der Waals surface area contributed by atoms with Crippen LogP contribution in [-0.2, 0) is 30.8 Å². The van der Waals surface area contributed by atoms with Crippen molar-refractivity contribution in [3.05, 3.63) is 77.1 Å². The van der Waals surface area contributed by atoms with Gasteiger partial charge >= 0.3 is 0 Å². The van der Waals surface area contributed by atoms with Crippen LogP contribution >= 0.6 is 11.8 Å². The van der Waals surface area contributed by atoms with E-state index >= 15 is 0 Å². The molecule has 0 bridgehead atoms. The van der Waals surface area contributed by atoms with Crippen molar-refractivity contribution in [2.75, 3.05) is 11.1 Å². The molecule has 0 saturated heterocycles. The number of anilines is 1. The fourth-order valence-corrected chi connectivity index (χ4v) is 4.95. The van der Waals surface area contributed by atoms with E-state index < -0.39 is 0 Å². The van der Waals surface area contributed by atoms with Gasteiger partial charge < -0.3 is 10.1 Å². The molecule has 0 radical (unpaired) electrons. The molecule has 3 aromatic rings. The molecule has 0 aliphatic heterocycles. The quantitative estimate of drug-likeness (QED) is 0.347. The van der Waals surface area contributed by atoms with Crippen molar-refractivity contribution < 1.29 is 9.53 Å². The highest BCUT2D eigenvalue weighted by Crippen LogP contribution is 2.31. The van der Waals surface area contributed by atoms with E-state index in [1.54, 1.807) is 6.08 Å². The predicted molar refractivity (Wildman–Crippen MR) is 133 cm³/mol. The summed E-state index contributed by atoms with van der Waals surface area (Å²) in [5.41, 5.74) is 6.00. The molecule has 1 aliphatic rings. The van der Waals surface area contributed by atoms with Crippen LogP contribution < -0.4 is 10.1 Å². The van der Waals surface area contributed by atoms with Crippen LogP contribution in [0.15, 0.2) is 54.2 Å². The summed E-state index contributed by atoms with van der Waals surface area (Å²) in [6.07, 6.45) is 6.58. The van der Waals surface area contributed by atoms with Crippen LogP contribution in [-0.4, -0.2) is 26.4 Å². The third-order valence-electron chi connectivity index (χ3n) is 5.86. The molecule has 2 aromatic carbocycles. The summed E-state index contributed by atoms with van der Waals surface area (Å²) in [4.78, 5) is 12.4. The van der Waals surface area contributed by atoms with E-state index in [-0.39, 0.29) is 11.7 Å². The van der Waals surface area contributed by atoms with Crippen molar-refractivity contribution in [1.82, 2.24) is 14.8 Å². The second kappa shape index (κ2) is 10.7. The maximum absolute atomic E-state index is 12.4. The Kier molecular flexibility index (Phi) is 7.50. The lowest BCUT2D eigenvalue weighted by atomic mass is 9.88. The number of ether oxygens (including phenoxy) is 1. The molecule has 1 aromatic heterocycles. The summed E-state index contributed by atoms with van der Waals surface area (Å²) in [6.45, 7) is 8.86. The molecular weight excluding hydrogens is 432 g/mol. The molecule has 1 amide bonds. The number of aryl methyl sites for hydroxylation is 2. The normalized spacial score (nSPS) is 12.8. The Morgan fingerprint density at radius 2 is 2.06 bits per heavy atom. The SMILES string of the molecule is C=CCn1c(COc2ccc3c(c2C)CCCC3)nnc1SCC(=O)Nc1cccc(C)c1. The number of hydrogen-bond donors (Lipinski definition) is 1. The highest BCUT2D eigenvalue weighted by Gasteiger charge is 2.17. The lowest BCUT2D eigenvalue weighted by Crippen LogP contribution is -2.15. The lowest BCUT2D eigenvalue weighted by Gasteiger charge is -2.20. The highest BCUT2D eigenvalue weighted by atomic mass is 32.2. The summed E-state index contributed by atoms with van der Waals surface area (Å²) in [7, 11) is 0. The van der Waals surface area contributed by atoms with Gasteiger partial charge in [-0.2, -0.15) is 0 Å². The molecule has 0 saturated carbocycles. The minimum Gasteiger partial charge on any atom is -0.485 e. The zero-order valence-corrected chi connectivity index (χ0v) is 20.1. The standard InChI is InChI=1S/C26H30N4O2S/c1-4-14-30-24(16-32-23-13-12-20-9-5-6-11-22(20)19(23)3)28-29-26(30)33-17-25(31)27-21-10-7-8-18(2)15-21/h4,7-8,10,12-13,15H,1,5-6,9,11,14,16-17H2,2-3H3,(H,27,31). The molecule has 0 atom stereocenters. The molecule has 1 aliphatic carbocycles. The van der Waals surface area contributed by atoms with Crippen LogP contribution in [0.4, 0.5) is 5.69 Å². The molecular formula is C26H30N4O2S. The van der Waals surface area contributed by atoms with Gasteiger partial charge in [-0.3, -0.25) is 9.36 Å². The molecule has 0 unspecified atom stereocenters. The summed E-state index contributed by atoms with van der Waals surface area (Å²) in [5.74, 6) is 1.78. The Morgan fingerprint density at radius 1 is 1.21 bits per heavy atom. The molecule has 0 spiro atoms. The number of aromatic nitrogens is 3. The van der Waals surface area contributed by atoms with E-state index in [1.807, 2.05) is 35.8 Å². The fraction of sp³-hybridized carbons (Fsp3) is 0.346. The molecule has 172 valence electrons. The van der Waals surface area contributed by atoms with Gasteiger partial charge in [-0.15, -0.1) is 16.8 Å². The van der Waals surface area contributed by atoms with Gasteiger partial charge in [-0.1, -0.05) is 36.0 Å². The molecule has 4 rings (SSSR count). The number of nitrogens with one attached hydrogen (secondary N) is 1. The van der Waals surface area contributed by atoms with E-state index in [4.69, 9.17) is 4.74 Å². The van der Waals surface area contributed by atoms with Gasteiger partial charge in [0.25, 0.3) is 0 Å². The van der Waals surface area contributed by atoms with Crippen LogP contribution in [0.25, 0.3) is 0 Å². The first-order chi connectivity index (χ1) is 16.0. The smallest absolute Gasteiger partial charge is 0.234 e. The molecule has 7 heteroatoms. The Balaban J connectivity index is 1.40. The van der Waals surface area contributed by atoms with Crippen molar-refractivity contribution in [2.24, 2.45) is 0 Å². The van der Waals surface area contributed by atoms with Gasteiger partial charge in [0.05, 0.1) is 5.75 Å². The highest BCUT2D eigenvalue weighted by molar-refractivity contribution is 7.99. The van der Waals surface area contributed by atoms with E-state index in [0.29, 0.717) is 24.1 Å². The van der Waals surface area contributed by atoms with E-state index in [1.165, 1.54) is 41.3 Å². The predicted octanol–water partition coefficient (Wildman–Crippen LogP) is 5.27. The van der Waals surface area contributed by atoms with E-state index in [9.17, 15) is 4.79 Å². The van der Waals surface area contributed by atoms with Crippen molar-refractivity contribution >= 4 is 23.4 Å². The van der Waals surface area contributed by atoms with Gasteiger partial charge in [-0.25, -0.2) is 0 Å². The Labute approximate surface area is 199 Å². The number of benzene rings is 2. The van der Waals surface area contributed by atoms with Crippen LogP contribution in [0.2, 0.25) is 0 Å². The first-order valence-corrected chi connectivity index (χ1v) is 12.3. The first-order valence-electron chi connectivity index (χ1n) is 11.3. The maximum atomic E-state index is 12.4. The number of carbonyl (C=O) groups is 1. The number of allylic oxidation sites excluding steroid dienone is 1. The number of carbonyl (C=O) groups excluding carboxylic acids is 1. The zero-order valence-electron chi connectivity index (χ0n) is 19.3. The minimum atomic E-state index is -0.0822. The van der Waals surface area contributed by atoms with E-state index in [2.05, 4.69) is 41.1 Å². The molecule has 1 heterocycles. The van der Waals surface area contributed by atoms with Crippen molar-refractivity contribution in [3.63, 3.8) is 0 Å². The third kappa shape index (κ3) is 5.66. The maximum Gasteiger partial charge on any atom is 0.234 e. The molecule has 0 fully saturated rings. The van der Waals surface area contributed by atoms with Gasteiger partial charge in [0, 0.05) is 12.2 Å². The summed E-state index contributed by atoms with van der Waals surface area (Å²) < 4.78 is 8.11. The fourth-order valence-electron chi connectivity index (χ4n) is 4.18. The zero-order chi connectivity index (χ0) is 23.2. The van der Waals surface area contributed by atoms with Crippen molar-refractivity contribution in [2.45, 2.75) is 57.8 Å². The van der Waals surface area contributed by atoms with Crippen LogP contribution in [0, 0.1) is 13.8 Å². The second-order valence-electron chi connectivity index (χ2n) is 8.33. The van der Waals surface area contributed by atoms with E-state index in [0.717, 1.165) is 29.8 Å². The second-order valence-corrected chi connectivity index (χ2v) is 9.27. The molecule has 33 heavy (non-hydrogen) atoms. The number of amides is 1. The third-order valence-corrected chi connectivity index (χ3v) is 6.83. The van der Waals surface area contributed by atoms with Gasteiger partial charge in [0.2, 0.25) is 5.91 Å². The summed E-state index contributed by atoms with van der Waals surface area (Å²) in [5, 5.41) is 12.2. The van der Waals surface area contributed by atoms with Crippen LogP contribution in [0.5, 0.6) is 5.75 Å². The summed E-state index contributed by atoms with van der Waals surface area (Å²) >= 11 is 1.36. The minimum absolute atomic E-state index is 0.0822. The largest absolute Gasteiger partial charge is 0.485 e. The Morgan fingerprint density at radius 3 is 2.88 bits per heavy atom. The Hall–Kier alpha value is -3.06. The van der Waals surface area contributed by atoms with Gasteiger partial charge in [-0.05, 0) is 80.0 Å². The van der Waals surface area contributed by atoms with Crippen LogP contribution in [0.1, 0.15) is 40.9 Å². The number of thioether (sulfide) groups is 1. The Bertz CT molecular complexity index is 1160. The number of fused-ring (bicyclic) bond motifs is 1. The topological polar surface area (TPSA) is 69.0 Å². The number of rotatable bonds is 9.